The van der Waals surface area contributed by atoms with Gasteiger partial charge in [0.1, 0.15) is 5.78 Å². The van der Waals surface area contributed by atoms with Gasteiger partial charge in [-0.1, -0.05) is 33.6 Å². The van der Waals surface area contributed by atoms with Crippen LogP contribution in [0.3, 0.4) is 0 Å². The number of carbonyl (C=O) groups is 1. The third-order valence-corrected chi connectivity index (χ3v) is 2.24. The summed E-state index contributed by atoms with van der Waals surface area (Å²) in [6.45, 7) is 8.00. The molecule has 0 aromatic heterocycles. The van der Waals surface area contributed by atoms with Crippen LogP contribution in [0, 0.1) is 11.8 Å². The van der Waals surface area contributed by atoms with Gasteiger partial charge in [0.25, 0.3) is 0 Å². The molecule has 0 radical (unpaired) electrons. The maximum Gasteiger partial charge on any atom is 0.132 e. The van der Waals surface area contributed by atoms with Crippen LogP contribution < -0.4 is 0 Å². The Kier molecular flexibility index (Phi) is 4.33. The van der Waals surface area contributed by atoms with E-state index in [4.69, 9.17) is 0 Å². The van der Waals surface area contributed by atoms with Crippen molar-refractivity contribution in [3.63, 3.8) is 0 Å². The summed E-state index contributed by atoms with van der Waals surface area (Å²) < 4.78 is 0. The molecule has 0 aromatic carbocycles. The first-order valence-corrected chi connectivity index (χ1v) is 4.10. The lowest BCUT2D eigenvalue weighted by Crippen LogP contribution is -2.15. The number of Topliss-reactive ketones (excluding diaryl/α,β-unsaturated/α-hetero) is 1. The normalized spacial score (nSPS) is 16.4. The maximum atomic E-state index is 10.9. The molecule has 0 aliphatic heterocycles. The van der Waals surface area contributed by atoms with Gasteiger partial charge in [0.2, 0.25) is 0 Å². The van der Waals surface area contributed by atoms with E-state index in [1.54, 1.807) is 6.92 Å². The highest BCUT2D eigenvalue weighted by Gasteiger charge is 2.14. The first-order chi connectivity index (χ1) is 4.59. The fourth-order valence-electron chi connectivity index (χ4n) is 1.11. The summed E-state index contributed by atoms with van der Waals surface area (Å²) in [5, 5.41) is 0. The Bertz CT molecular complexity index is 107. The zero-order valence-corrected chi connectivity index (χ0v) is 7.48. The summed E-state index contributed by atoms with van der Waals surface area (Å²) in [5.41, 5.74) is 0. The average molecular weight is 142 g/mol. The second-order valence-corrected chi connectivity index (χ2v) is 3.17. The van der Waals surface area contributed by atoms with Crippen molar-refractivity contribution in [3.05, 3.63) is 0 Å². The molecular formula is C9H18O. The Morgan fingerprint density at radius 1 is 1.40 bits per heavy atom. The van der Waals surface area contributed by atoms with Crippen molar-refractivity contribution in [3.8, 4) is 0 Å². The number of rotatable bonds is 4. The number of hydrogen-bond acceptors (Lipinski definition) is 1. The summed E-state index contributed by atoms with van der Waals surface area (Å²) in [7, 11) is 0. The van der Waals surface area contributed by atoms with Gasteiger partial charge in [-0.2, -0.15) is 0 Å². The van der Waals surface area contributed by atoms with Gasteiger partial charge in [-0.15, -0.1) is 0 Å². The van der Waals surface area contributed by atoms with E-state index in [2.05, 4.69) is 13.8 Å². The molecule has 2 atom stereocenters. The molecule has 1 heteroatoms. The zero-order valence-electron chi connectivity index (χ0n) is 7.48. The fourth-order valence-corrected chi connectivity index (χ4v) is 1.11. The molecular weight excluding hydrogens is 124 g/mol. The quantitative estimate of drug-likeness (QED) is 0.589. The maximum absolute atomic E-state index is 10.9. The number of carbonyl (C=O) groups excluding carboxylic acids is 1. The Morgan fingerprint density at radius 2 is 1.90 bits per heavy atom. The van der Waals surface area contributed by atoms with Crippen LogP contribution in [0.2, 0.25) is 0 Å². The lowest BCUT2D eigenvalue weighted by atomic mass is 9.89. The van der Waals surface area contributed by atoms with E-state index < -0.39 is 0 Å². The molecule has 2 unspecified atom stereocenters. The summed E-state index contributed by atoms with van der Waals surface area (Å²) in [6.07, 6.45) is 2.35. The monoisotopic (exact) mass is 142 g/mol. The van der Waals surface area contributed by atoms with Crippen LogP contribution >= 0.6 is 0 Å². The molecule has 0 bridgehead atoms. The number of ketones is 1. The van der Waals surface area contributed by atoms with Gasteiger partial charge >= 0.3 is 0 Å². The molecule has 0 fully saturated rings. The molecule has 0 rings (SSSR count). The Balaban J connectivity index is 3.69. The van der Waals surface area contributed by atoms with Crippen LogP contribution in [0.25, 0.3) is 0 Å². The van der Waals surface area contributed by atoms with Crippen molar-refractivity contribution in [1.82, 2.24) is 0 Å². The standard InChI is InChI=1S/C9H18O/c1-5-6-7(2)8(3)9(4)10/h7-8H,5-6H2,1-4H3. The highest BCUT2D eigenvalue weighted by Crippen LogP contribution is 2.16. The first kappa shape index (κ1) is 9.67. The average Bonchev–Trinajstić information content (AvgIpc) is 1.87. The van der Waals surface area contributed by atoms with E-state index in [0.717, 1.165) is 0 Å². The van der Waals surface area contributed by atoms with Gasteiger partial charge in [0.15, 0.2) is 0 Å². The highest BCUT2D eigenvalue weighted by atomic mass is 16.1. The van der Waals surface area contributed by atoms with Crippen molar-refractivity contribution in [2.75, 3.05) is 0 Å². The molecule has 0 aliphatic rings. The van der Waals surface area contributed by atoms with Crippen molar-refractivity contribution in [1.29, 1.82) is 0 Å². The molecule has 60 valence electrons. The van der Waals surface area contributed by atoms with Gasteiger partial charge in [-0.05, 0) is 12.8 Å². The van der Waals surface area contributed by atoms with Crippen molar-refractivity contribution >= 4 is 5.78 Å². The highest BCUT2D eigenvalue weighted by molar-refractivity contribution is 5.78. The largest absolute Gasteiger partial charge is 0.300 e. The van der Waals surface area contributed by atoms with Crippen LogP contribution in [-0.4, -0.2) is 5.78 Å². The van der Waals surface area contributed by atoms with Gasteiger partial charge in [-0.25, -0.2) is 0 Å². The van der Waals surface area contributed by atoms with Crippen LogP contribution in [0.5, 0.6) is 0 Å². The van der Waals surface area contributed by atoms with E-state index >= 15 is 0 Å². The zero-order chi connectivity index (χ0) is 8.15. The fraction of sp³-hybridized carbons (Fsp3) is 0.889. The summed E-state index contributed by atoms with van der Waals surface area (Å²) >= 11 is 0. The van der Waals surface area contributed by atoms with Crippen LogP contribution in [0.15, 0.2) is 0 Å². The van der Waals surface area contributed by atoms with Gasteiger partial charge in [0.05, 0.1) is 0 Å². The summed E-state index contributed by atoms with van der Waals surface area (Å²) in [5.74, 6) is 1.13. The van der Waals surface area contributed by atoms with Crippen molar-refractivity contribution < 1.29 is 4.79 Å². The lowest BCUT2D eigenvalue weighted by Gasteiger charge is -2.15. The second-order valence-electron chi connectivity index (χ2n) is 3.17. The molecule has 0 aliphatic carbocycles. The minimum Gasteiger partial charge on any atom is -0.300 e. The molecule has 1 nitrogen and oxygen atoms in total. The predicted molar refractivity (Wildman–Crippen MR) is 43.9 cm³/mol. The number of hydrogen-bond donors (Lipinski definition) is 0. The van der Waals surface area contributed by atoms with E-state index in [1.807, 2.05) is 6.92 Å². The summed E-state index contributed by atoms with van der Waals surface area (Å²) in [4.78, 5) is 10.9. The minimum atomic E-state index is 0.250. The Labute approximate surface area is 63.8 Å². The first-order valence-electron chi connectivity index (χ1n) is 4.10. The van der Waals surface area contributed by atoms with Gasteiger partial charge < -0.3 is 0 Å². The van der Waals surface area contributed by atoms with Gasteiger partial charge in [0, 0.05) is 5.92 Å². The molecule has 0 amide bonds. The molecule has 0 N–H and O–H groups in total. The SMILES string of the molecule is CCCC(C)C(C)C(C)=O. The van der Waals surface area contributed by atoms with Crippen molar-refractivity contribution in [2.45, 2.75) is 40.5 Å². The van der Waals surface area contributed by atoms with Crippen LogP contribution in [-0.2, 0) is 4.79 Å². The minimum absolute atomic E-state index is 0.250. The Hall–Kier alpha value is -0.330. The molecule has 0 spiro atoms. The summed E-state index contributed by atoms with van der Waals surface area (Å²) in [6, 6.07) is 0. The van der Waals surface area contributed by atoms with Crippen LogP contribution in [0.1, 0.15) is 40.5 Å². The lowest BCUT2D eigenvalue weighted by molar-refractivity contribution is -0.121. The smallest absolute Gasteiger partial charge is 0.132 e. The Morgan fingerprint density at radius 3 is 2.20 bits per heavy atom. The van der Waals surface area contributed by atoms with E-state index in [1.165, 1.54) is 12.8 Å². The van der Waals surface area contributed by atoms with Gasteiger partial charge in [-0.3, -0.25) is 4.79 Å². The third kappa shape index (κ3) is 3.00. The predicted octanol–water partition coefficient (Wildman–Crippen LogP) is 2.65. The van der Waals surface area contributed by atoms with E-state index in [0.29, 0.717) is 11.7 Å². The molecule has 0 heterocycles. The van der Waals surface area contributed by atoms with Crippen LogP contribution in [0.4, 0.5) is 0 Å². The molecule has 0 aromatic rings. The molecule has 0 saturated carbocycles. The molecule has 10 heavy (non-hydrogen) atoms. The van der Waals surface area contributed by atoms with Crippen molar-refractivity contribution in [2.24, 2.45) is 11.8 Å². The third-order valence-electron chi connectivity index (χ3n) is 2.24. The second kappa shape index (κ2) is 4.48. The van der Waals surface area contributed by atoms with E-state index in [-0.39, 0.29) is 5.92 Å². The topological polar surface area (TPSA) is 17.1 Å². The molecule has 0 saturated heterocycles. The van der Waals surface area contributed by atoms with E-state index in [9.17, 15) is 4.79 Å².